The molecule has 4 rings (SSSR count). The Balaban J connectivity index is 1.38. The SMILES string of the molecule is C#CCCC1(CCC(=O)N2CCc3c(ncn3-c3ccc(F)cc3)C2)N=N1. The van der Waals surface area contributed by atoms with Crippen molar-refractivity contribution in [3.05, 3.63) is 47.8 Å². The molecular formula is C20H20FN5O. The number of benzene rings is 1. The number of carbonyl (C=O) groups excluding carboxylic acids is 1. The molecule has 1 aromatic carbocycles. The third-order valence-corrected chi connectivity index (χ3v) is 5.16. The van der Waals surface area contributed by atoms with Crippen LogP contribution in [0.25, 0.3) is 5.69 Å². The highest BCUT2D eigenvalue weighted by Crippen LogP contribution is 2.38. The van der Waals surface area contributed by atoms with Crippen molar-refractivity contribution in [2.45, 2.75) is 44.3 Å². The average Bonchev–Trinajstić information content (AvgIpc) is 3.34. The van der Waals surface area contributed by atoms with Gasteiger partial charge in [-0.1, -0.05) is 0 Å². The van der Waals surface area contributed by atoms with Crippen molar-refractivity contribution in [2.24, 2.45) is 10.2 Å². The second kappa shape index (κ2) is 6.95. The summed E-state index contributed by atoms with van der Waals surface area (Å²) in [4.78, 5) is 18.9. The van der Waals surface area contributed by atoms with Crippen molar-refractivity contribution in [1.82, 2.24) is 14.5 Å². The molecular weight excluding hydrogens is 345 g/mol. The smallest absolute Gasteiger partial charge is 0.223 e. The van der Waals surface area contributed by atoms with E-state index in [-0.39, 0.29) is 11.7 Å². The molecule has 0 atom stereocenters. The van der Waals surface area contributed by atoms with Gasteiger partial charge in [0.25, 0.3) is 0 Å². The lowest BCUT2D eigenvalue weighted by Crippen LogP contribution is -2.37. The van der Waals surface area contributed by atoms with Crippen molar-refractivity contribution in [1.29, 1.82) is 0 Å². The van der Waals surface area contributed by atoms with Crippen LogP contribution in [0.3, 0.4) is 0 Å². The first-order valence-electron chi connectivity index (χ1n) is 9.06. The van der Waals surface area contributed by atoms with Crippen LogP contribution in [0, 0.1) is 18.2 Å². The third kappa shape index (κ3) is 3.61. The Morgan fingerprint density at radius 1 is 1.26 bits per heavy atom. The van der Waals surface area contributed by atoms with E-state index < -0.39 is 5.66 Å². The number of nitrogens with zero attached hydrogens (tertiary/aromatic N) is 5. The number of aromatic nitrogens is 2. The fourth-order valence-electron chi connectivity index (χ4n) is 3.48. The van der Waals surface area contributed by atoms with Gasteiger partial charge in [-0.25, -0.2) is 9.37 Å². The molecule has 0 radical (unpaired) electrons. The average molecular weight is 365 g/mol. The molecule has 7 heteroatoms. The summed E-state index contributed by atoms with van der Waals surface area (Å²) in [5.74, 6) is 2.42. The van der Waals surface area contributed by atoms with E-state index in [1.54, 1.807) is 18.5 Å². The minimum absolute atomic E-state index is 0.0920. The second-order valence-electron chi connectivity index (χ2n) is 6.94. The molecule has 1 amide bonds. The van der Waals surface area contributed by atoms with Crippen molar-refractivity contribution in [3.8, 4) is 18.0 Å². The topological polar surface area (TPSA) is 62.9 Å². The summed E-state index contributed by atoms with van der Waals surface area (Å²) < 4.78 is 15.1. The summed E-state index contributed by atoms with van der Waals surface area (Å²) in [5.41, 5.74) is 2.41. The summed E-state index contributed by atoms with van der Waals surface area (Å²) in [6, 6.07) is 6.33. The molecule has 138 valence electrons. The fraction of sp³-hybridized carbons (Fsp3) is 0.400. The van der Waals surface area contributed by atoms with E-state index in [9.17, 15) is 9.18 Å². The van der Waals surface area contributed by atoms with Gasteiger partial charge in [0.2, 0.25) is 5.91 Å². The van der Waals surface area contributed by atoms with E-state index in [2.05, 4.69) is 21.1 Å². The molecule has 0 saturated carbocycles. The van der Waals surface area contributed by atoms with Crippen LogP contribution in [0.2, 0.25) is 0 Å². The number of rotatable bonds is 6. The Bertz CT molecular complexity index is 919. The van der Waals surface area contributed by atoms with Gasteiger partial charge in [0.15, 0.2) is 5.66 Å². The zero-order chi connectivity index (χ0) is 18.9. The van der Waals surface area contributed by atoms with Crippen LogP contribution in [-0.2, 0) is 17.8 Å². The lowest BCUT2D eigenvalue weighted by atomic mass is 10.0. The van der Waals surface area contributed by atoms with Crippen molar-refractivity contribution in [2.75, 3.05) is 6.54 Å². The van der Waals surface area contributed by atoms with E-state index in [0.29, 0.717) is 38.8 Å². The van der Waals surface area contributed by atoms with Crippen LogP contribution in [0.5, 0.6) is 0 Å². The van der Waals surface area contributed by atoms with Gasteiger partial charge in [-0.15, -0.1) is 12.3 Å². The summed E-state index contributed by atoms with van der Waals surface area (Å²) >= 11 is 0. The summed E-state index contributed by atoms with van der Waals surface area (Å²) in [6.07, 6.45) is 10.1. The number of halogens is 1. The van der Waals surface area contributed by atoms with E-state index in [1.807, 2.05) is 9.47 Å². The highest BCUT2D eigenvalue weighted by atomic mass is 19.1. The number of carbonyl (C=O) groups is 1. The number of terminal acetylenes is 1. The maximum absolute atomic E-state index is 13.1. The first-order chi connectivity index (χ1) is 13.1. The first kappa shape index (κ1) is 17.4. The van der Waals surface area contributed by atoms with Crippen LogP contribution < -0.4 is 0 Å². The molecule has 0 spiro atoms. The van der Waals surface area contributed by atoms with Crippen molar-refractivity contribution in [3.63, 3.8) is 0 Å². The van der Waals surface area contributed by atoms with Crippen molar-refractivity contribution < 1.29 is 9.18 Å². The maximum atomic E-state index is 13.1. The molecule has 0 unspecified atom stereocenters. The lowest BCUT2D eigenvalue weighted by Gasteiger charge is -2.27. The quantitative estimate of drug-likeness (QED) is 0.738. The summed E-state index contributed by atoms with van der Waals surface area (Å²) in [5, 5.41) is 8.17. The summed E-state index contributed by atoms with van der Waals surface area (Å²) in [7, 11) is 0. The van der Waals surface area contributed by atoms with Crippen LogP contribution in [0.15, 0.2) is 40.8 Å². The molecule has 1 aromatic heterocycles. The monoisotopic (exact) mass is 365 g/mol. The highest BCUT2D eigenvalue weighted by Gasteiger charge is 2.39. The van der Waals surface area contributed by atoms with Gasteiger partial charge in [-0.3, -0.25) is 4.79 Å². The number of imidazole rings is 1. The Labute approximate surface area is 157 Å². The normalized spacial score (nSPS) is 16.7. The number of amides is 1. The van der Waals surface area contributed by atoms with E-state index in [1.165, 1.54) is 12.1 Å². The molecule has 3 heterocycles. The van der Waals surface area contributed by atoms with Gasteiger partial charge >= 0.3 is 0 Å². The standard InChI is InChI=1S/C20H20FN5O/c1-2-3-10-20(23-24-20)11-8-19(27)25-12-9-18-17(13-25)22-14-26(18)16-6-4-15(21)5-7-16/h1,4-7,14H,3,8-13H2. The molecule has 0 aliphatic carbocycles. The van der Waals surface area contributed by atoms with Crippen LogP contribution in [-0.4, -0.2) is 32.6 Å². The van der Waals surface area contributed by atoms with Gasteiger partial charge in [-0.2, -0.15) is 10.2 Å². The molecule has 27 heavy (non-hydrogen) atoms. The zero-order valence-corrected chi connectivity index (χ0v) is 14.9. The molecule has 0 saturated heterocycles. The van der Waals surface area contributed by atoms with E-state index in [4.69, 9.17) is 6.42 Å². The Hall–Kier alpha value is -3.01. The Kier molecular flexibility index (Phi) is 4.48. The maximum Gasteiger partial charge on any atom is 0.223 e. The number of hydrogen-bond acceptors (Lipinski definition) is 4. The van der Waals surface area contributed by atoms with Gasteiger partial charge in [0.1, 0.15) is 5.82 Å². The molecule has 2 aliphatic rings. The predicted molar refractivity (Wildman–Crippen MR) is 97.5 cm³/mol. The molecule has 6 nitrogen and oxygen atoms in total. The molecule has 2 aliphatic heterocycles. The van der Waals surface area contributed by atoms with Crippen LogP contribution in [0.4, 0.5) is 4.39 Å². The molecule has 0 fully saturated rings. The van der Waals surface area contributed by atoms with Crippen LogP contribution in [0.1, 0.15) is 37.1 Å². The molecule has 0 bridgehead atoms. The third-order valence-electron chi connectivity index (χ3n) is 5.16. The fourth-order valence-corrected chi connectivity index (χ4v) is 3.48. The number of fused-ring (bicyclic) bond motifs is 1. The zero-order valence-electron chi connectivity index (χ0n) is 14.9. The molecule has 2 aromatic rings. The first-order valence-corrected chi connectivity index (χ1v) is 9.06. The minimum atomic E-state index is -0.423. The predicted octanol–water partition coefficient (Wildman–Crippen LogP) is 3.25. The van der Waals surface area contributed by atoms with Gasteiger partial charge in [-0.05, 0) is 24.3 Å². The molecule has 0 N–H and O–H groups in total. The van der Waals surface area contributed by atoms with Crippen LogP contribution >= 0.6 is 0 Å². The highest BCUT2D eigenvalue weighted by molar-refractivity contribution is 5.76. The largest absolute Gasteiger partial charge is 0.336 e. The summed E-state index contributed by atoms with van der Waals surface area (Å²) in [6.45, 7) is 1.14. The van der Waals surface area contributed by atoms with Gasteiger partial charge in [0.05, 0.1) is 18.6 Å². The second-order valence-corrected chi connectivity index (χ2v) is 6.94. The van der Waals surface area contributed by atoms with E-state index in [0.717, 1.165) is 23.5 Å². The Morgan fingerprint density at radius 3 is 2.74 bits per heavy atom. The number of hydrogen-bond donors (Lipinski definition) is 0. The van der Waals surface area contributed by atoms with Crippen molar-refractivity contribution >= 4 is 5.91 Å². The lowest BCUT2D eigenvalue weighted by molar-refractivity contribution is -0.132. The van der Waals surface area contributed by atoms with Gasteiger partial charge in [0, 0.05) is 50.0 Å². The van der Waals surface area contributed by atoms with E-state index >= 15 is 0 Å². The van der Waals surface area contributed by atoms with Gasteiger partial charge < -0.3 is 9.47 Å². The minimum Gasteiger partial charge on any atom is -0.336 e. The Morgan fingerprint density at radius 2 is 2.04 bits per heavy atom.